The summed E-state index contributed by atoms with van der Waals surface area (Å²) in [4.78, 5) is 4.06. The number of fused-ring (bicyclic) bond motifs is 1. The fourth-order valence-corrected chi connectivity index (χ4v) is 4.11. The molecule has 0 amide bonds. The lowest BCUT2D eigenvalue weighted by Gasteiger charge is -2.26. The molecule has 0 N–H and O–H groups in total. The second-order valence-corrected chi connectivity index (χ2v) is 7.65. The summed E-state index contributed by atoms with van der Waals surface area (Å²) in [6.45, 7) is 0.464. The molecule has 0 radical (unpaired) electrons. The molecular weight excluding hydrogens is 403 g/mol. The van der Waals surface area contributed by atoms with Gasteiger partial charge in [0.2, 0.25) is 0 Å². The first-order valence-electron chi connectivity index (χ1n) is 9.41. The smallest absolute Gasteiger partial charge is 0.196 e. The minimum Gasteiger partial charge on any atom is -0.486 e. The number of para-hydroxylation sites is 2. The number of thioether (sulfide) groups is 1. The van der Waals surface area contributed by atoms with E-state index >= 15 is 0 Å². The molecule has 0 spiro atoms. The van der Waals surface area contributed by atoms with Gasteiger partial charge >= 0.3 is 0 Å². The second kappa shape index (κ2) is 8.16. The predicted octanol–water partition coefficient (Wildman–Crippen LogP) is 4.40. The molecule has 6 nitrogen and oxygen atoms in total. The van der Waals surface area contributed by atoms with Crippen LogP contribution in [0.25, 0.3) is 17.1 Å². The van der Waals surface area contributed by atoms with Crippen molar-refractivity contribution in [1.29, 1.82) is 0 Å². The van der Waals surface area contributed by atoms with Crippen LogP contribution in [-0.2, 0) is 0 Å². The van der Waals surface area contributed by atoms with Crippen molar-refractivity contribution >= 4 is 11.8 Å². The Bertz CT molecular complexity index is 1150. The van der Waals surface area contributed by atoms with Crippen LogP contribution in [0.5, 0.6) is 11.5 Å². The number of halogens is 1. The van der Waals surface area contributed by atoms with Gasteiger partial charge in [0.25, 0.3) is 0 Å². The average Bonchev–Trinajstić information content (AvgIpc) is 3.22. The monoisotopic (exact) mass is 420 g/mol. The zero-order chi connectivity index (χ0) is 20.3. The van der Waals surface area contributed by atoms with Crippen molar-refractivity contribution < 1.29 is 13.9 Å². The highest BCUT2D eigenvalue weighted by Gasteiger charge is 2.23. The van der Waals surface area contributed by atoms with Gasteiger partial charge in [-0.1, -0.05) is 23.9 Å². The van der Waals surface area contributed by atoms with E-state index in [1.807, 2.05) is 41.0 Å². The number of aromatic nitrogens is 4. The van der Waals surface area contributed by atoms with Gasteiger partial charge in [-0.2, -0.15) is 0 Å². The fourth-order valence-electron chi connectivity index (χ4n) is 3.19. The van der Waals surface area contributed by atoms with E-state index < -0.39 is 0 Å². The van der Waals surface area contributed by atoms with Crippen LogP contribution in [0.1, 0.15) is 0 Å². The second-order valence-electron chi connectivity index (χ2n) is 6.66. The van der Waals surface area contributed by atoms with Crippen LogP contribution in [0.2, 0.25) is 0 Å². The third-order valence-electron chi connectivity index (χ3n) is 4.62. The summed E-state index contributed by atoms with van der Waals surface area (Å²) in [6, 6.07) is 17.6. The molecule has 1 aliphatic rings. The maximum Gasteiger partial charge on any atom is 0.196 e. The van der Waals surface area contributed by atoms with Crippen LogP contribution in [0, 0.1) is 5.82 Å². The van der Waals surface area contributed by atoms with Gasteiger partial charge in [0.1, 0.15) is 18.5 Å². The van der Waals surface area contributed by atoms with E-state index in [-0.39, 0.29) is 11.9 Å². The van der Waals surface area contributed by atoms with E-state index in [0.29, 0.717) is 23.3 Å². The first-order chi connectivity index (χ1) is 14.8. The highest BCUT2D eigenvalue weighted by Crippen LogP contribution is 2.33. The molecule has 8 heteroatoms. The van der Waals surface area contributed by atoms with Crippen molar-refractivity contribution in [2.24, 2.45) is 0 Å². The minimum atomic E-state index is -0.294. The number of rotatable bonds is 5. The Morgan fingerprint density at radius 3 is 2.53 bits per heavy atom. The summed E-state index contributed by atoms with van der Waals surface area (Å²) >= 11 is 1.52. The van der Waals surface area contributed by atoms with Gasteiger partial charge in [-0.3, -0.25) is 9.55 Å². The highest BCUT2D eigenvalue weighted by atomic mass is 32.2. The lowest BCUT2D eigenvalue weighted by atomic mass is 10.2. The van der Waals surface area contributed by atoms with Crippen LogP contribution in [0.3, 0.4) is 0 Å². The first-order valence-corrected chi connectivity index (χ1v) is 10.4. The zero-order valence-corrected chi connectivity index (χ0v) is 16.6. The van der Waals surface area contributed by atoms with E-state index in [1.165, 1.54) is 23.9 Å². The summed E-state index contributed by atoms with van der Waals surface area (Å²) in [5.74, 6) is 2.50. The maximum absolute atomic E-state index is 13.5. The molecule has 1 aliphatic heterocycles. The summed E-state index contributed by atoms with van der Waals surface area (Å²) in [5, 5.41) is 9.46. The molecule has 0 bridgehead atoms. The van der Waals surface area contributed by atoms with Gasteiger partial charge < -0.3 is 9.47 Å². The van der Waals surface area contributed by atoms with Crippen molar-refractivity contribution in [3.05, 3.63) is 78.9 Å². The molecule has 5 rings (SSSR count). The highest BCUT2D eigenvalue weighted by molar-refractivity contribution is 7.99. The molecule has 30 heavy (non-hydrogen) atoms. The average molecular weight is 420 g/mol. The van der Waals surface area contributed by atoms with Crippen LogP contribution in [0.15, 0.2) is 78.2 Å². The molecule has 150 valence electrons. The van der Waals surface area contributed by atoms with Gasteiger partial charge in [0.05, 0.1) is 0 Å². The van der Waals surface area contributed by atoms with Crippen molar-refractivity contribution in [2.45, 2.75) is 11.3 Å². The topological polar surface area (TPSA) is 62.1 Å². The molecule has 4 aromatic rings. The number of hydrogen-bond donors (Lipinski definition) is 0. The molecule has 0 saturated heterocycles. The van der Waals surface area contributed by atoms with Gasteiger partial charge in [-0.15, -0.1) is 10.2 Å². The van der Waals surface area contributed by atoms with E-state index in [2.05, 4.69) is 15.2 Å². The van der Waals surface area contributed by atoms with E-state index in [1.54, 1.807) is 24.5 Å². The number of hydrogen-bond acceptors (Lipinski definition) is 6. The standard InChI is InChI=1S/C22H17FN4O2S/c23-16-5-7-17(8-6-16)27-21(15-9-11-24-12-10-15)25-26-22(27)30-14-18-13-28-19-3-1-2-4-20(19)29-18/h1-12,18H,13-14H2. The Hall–Kier alpha value is -3.39. The van der Waals surface area contributed by atoms with E-state index in [4.69, 9.17) is 9.47 Å². The molecule has 3 heterocycles. The lowest BCUT2D eigenvalue weighted by molar-refractivity contribution is 0.107. The Kier molecular flexibility index (Phi) is 5.06. The van der Waals surface area contributed by atoms with Gasteiger partial charge in [0.15, 0.2) is 22.5 Å². The molecule has 2 aromatic heterocycles. The van der Waals surface area contributed by atoms with Crippen LogP contribution in [0.4, 0.5) is 4.39 Å². The van der Waals surface area contributed by atoms with Gasteiger partial charge in [-0.25, -0.2) is 4.39 Å². The lowest BCUT2D eigenvalue weighted by Crippen LogP contribution is -2.31. The molecule has 1 atom stereocenters. The molecule has 0 saturated carbocycles. The Balaban J connectivity index is 1.42. The number of nitrogens with zero attached hydrogens (tertiary/aromatic N) is 4. The first kappa shape index (κ1) is 18.6. The normalized spacial score (nSPS) is 15.2. The van der Waals surface area contributed by atoms with Crippen molar-refractivity contribution in [3.8, 4) is 28.6 Å². The van der Waals surface area contributed by atoms with Crippen LogP contribution >= 0.6 is 11.8 Å². The van der Waals surface area contributed by atoms with Crippen molar-refractivity contribution in [3.63, 3.8) is 0 Å². The summed E-state index contributed by atoms with van der Waals surface area (Å²) in [7, 11) is 0. The summed E-state index contributed by atoms with van der Waals surface area (Å²) in [6.07, 6.45) is 3.29. The molecule has 0 fully saturated rings. The van der Waals surface area contributed by atoms with E-state index in [9.17, 15) is 4.39 Å². The Labute approximate surface area is 176 Å². The minimum absolute atomic E-state index is 0.118. The van der Waals surface area contributed by atoms with Crippen molar-refractivity contribution in [2.75, 3.05) is 12.4 Å². The number of benzene rings is 2. The Morgan fingerprint density at radius 2 is 1.73 bits per heavy atom. The zero-order valence-electron chi connectivity index (χ0n) is 15.8. The van der Waals surface area contributed by atoms with E-state index in [0.717, 1.165) is 22.7 Å². The molecule has 0 aliphatic carbocycles. The third-order valence-corrected chi connectivity index (χ3v) is 5.68. The number of ether oxygens (including phenoxy) is 2. The molecule has 2 aromatic carbocycles. The van der Waals surface area contributed by atoms with Crippen molar-refractivity contribution in [1.82, 2.24) is 19.7 Å². The molecular formula is C22H17FN4O2S. The van der Waals surface area contributed by atoms with Crippen LogP contribution in [-0.4, -0.2) is 38.2 Å². The Morgan fingerprint density at radius 1 is 0.967 bits per heavy atom. The van der Waals surface area contributed by atoms with Gasteiger partial charge in [-0.05, 0) is 48.5 Å². The number of pyridine rings is 1. The van der Waals surface area contributed by atoms with Gasteiger partial charge in [0, 0.05) is 29.4 Å². The molecule has 1 unspecified atom stereocenters. The maximum atomic E-state index is 13.5. The predicted molar refractivity (Wildman–Crippen MR) is 112 cm³/mol. The third kappa shape index (κ3) is 3.73. The SMILES string of the molecule is Fc1ccc(-n2c(SCC3COc4ccccc4O3)nnc2-c2ccncc2)cc1. The largest absolute Gasteiger partial charge is 0.486 e. The quantitative estimate of drug-likeness (QED) is 0.446. The van der Waals surface area contributed by atoms with Crippen LogP contribution < -0.4 is 9.47 Å². The fraction of sp³-hybridized carbons (Fsp3) is 0.136. The summed E-state index contributed by atoms with van der Waals surface area (Å²) < 4.78 is 27.2. The summed E-state index contributed by atoms with van der Waals surface area (Å²) in [5.41, 5.74) is 1.65.